The highest BCUT2D eigenvalue weighted by molar-refractivity contribution is 6.31. The lowest BCUT2D eigenvalue weighted by Crippen LogP contribution is -2.52. The van der Waals surface area contributed by atoms with Crippen molar-refractivity contribution in [1.82, 2.24) is 4.90 Å². The summed E-state index contributed by atoms with van der Waals surface area (Å²) < 4.78 is 6.10. The summed E-state index contributed by atoms with van der Waals surface area (Å²) in [4.78, 5) is 46.3. The zero-order valence-corrected chi connectivity index (χ0v) is 21.4. The van der Waals surface area contributed by atoms with E-state index in [1.807, 2.05) is 84.9 Å². The molecule has 2 aliphatic rings. The summed E-state index contributed by atoms with van der Waals surface area (Å²) in [7, 11) is 0. The highest BCUT2D eigenvalue weighted by Crippen LogP contribution is 2.53. The maximum absolute atomic E-state index is 14.8. The molecule has 0 saturated heterocycles. The fourth-order valence-electron chi connectivity index (χ4n) is 5.87. The van der Waals surface area contributed by atoms with Gasteiger partial charge in [-0.15, -0.1) is 0 Å². The monoisotopic (exact) mass is 532 g/mol. The van der Waals surface area contributed by atoms with Crippen LogP contribution < -0.4 is 10.3 Å². The number of hydrogen-bond donors (Lipinski definition) is 0. The molecule has 1 unspecified atom stereocenters. The van der Waals surface area contributed by atoms with Crippen LogP contribution in [-0.4, -0.2) is 16.7 Å². The molecular weight excluding hydrogens is 512 g/mol. The Kier molecular flexibility index (Phi) is 5.22. The first-order valence-corrected chi connectivity index (χ1v) is 13.0. The molecule has 3 heterocycles. The molecule has 2 aliphatic heterocycles. The zero-order valence-electron chi connectivity index (χ0n) is 20.6. The molecule has 0 N–H and O–H groups in total. The van der Waals surface area contributed by atoms with E-state index in [1.54, 1.807) is 17.0 Å². The van der Waals surface area contributed by atoms with E-state index >= 15 is 0 Å². The Morgan fingerprint density at radius 3 is 2.10 bits per heavy atom. The molecule has 7 rings (SSSR count). The number of amides is 2. The van der Waals surface area contributed by atoms with Crippen molar-refractivity contribution >= 4 is 40.1 Å². The highest BCUT2D eigenvalue weighted by atomic mass is 35.5. The van der Waals surface area contributed by atoms with E-state index in [-0.39, 0.29) is 41.3 Å². The van der Waals surface area contributed by atoms with Crippen LogP contribution in [-0.2, 0) is 23.4 Å². The van der Waals surface area contributed by atoms with Crippen molar-refractivity contribution in [3.8, 4) is 0 Å². The number of carbonyl (C=O) groups excluding carboxylic acids is 2. The molecule has 4 aromatic carbocycles. The van der Waals surface area contributed by atoms with Crippen LogP contribution in [0.3, 0.4) is 0 Å². The number of rotatable bonds is 4. The third kappa shape index (κ3) is 3.31. The molecule has 1 spiro atoms. The average molecular weight is 533 g/mol. The van der Waals surface area contributed by atoms with Crippen LogP contribution in [0.1, 0.15) is 32.8 Å². The van der Waals surface area contributed by atoms with E-state index in [4.69, 9.17) is 16.0 Å². The minimum atomic E-state index is -1.69. The minimum absolute atomic E-state index is 0.0335. The van der Waals surface area contributed by atoms with Crippen LogP contribution in [0.2, 0.25) is 5.02 Å². The predicted molar refractivity (Wildman–Crippen MR) is 149 cm³/mol. The lowest BCUT2D eigenvalue weighted by Gasteiger charge is -2.34. The van der Waals surface area contributed by atoms with Crippen molar-refractivity contribution < 1.29 is 14.0 Å². The molecular formula is C32H21ClN2O4. The van der Waals surface area contributed by atoms with Crippen LogP contribution in [0.5, 0.6) is 0 Å². The van der Waals surface area contributed by atoms with Gasteiger partial charge in [-0.3, -0.25) is 14.4 Å². The largest absolute Gasteiger partial charge is 0.450 e. The van der Waals surface area contributed by atoms with Gasteiger partial charge in [0.15, 0.2) is 11.0 Å². The smallest absolute Gasteiger partial charge is 0.291 e. The Morgan fingerprint density at radius 1 is 0.744 bits per heavy atom. The van der Waals surface area contributed by atoms with E-state index in [0.29, 0.717) is 16.3 Å². The first-order valence-electron chi connectivity index (χ1n) is 12.6. The fourth-order valence-corrected chi connectivity index (χ4v) is 6.05. The van der Waals surface area contributed by atoms with E-state index in [2.05, 4.69) is 0 Å². The SMILES string of the molecule is O=C1c2oc3ccc(Cl)cc3c(=O)c2C2(C(=O)N(Cc3ccccc3)c3ccccc32)N1Cc1ccccc1. The first kappa shape index (κ1) is 23.4. The van der Waals surface area contributed by atoms with Gasteiger partial charge < -0.3 is 14.2 Å². The van der Waals surface area contributed by atoms with Crippen molar-refractivity contribution in [2.75, 3.05) is 4.90 Å². The van der Waals surface area contributed by atoms with Gasteiger partial charge in [-0.2, -0.15) is 0 Å². The molecule has 1 atom stereocenters. The minimum Gasteiger partial charge on any atom is -0.450 e. The third-order valence-electron chi connectivity index (χ3n) is 7.56. The first-order chi connectivity index (χ1) is 19.0. The lowest BCUT2D eigenvalue weighted by molar-refractivity contribution is -0.126. The molecule has 2 amide bonds. The molecule has 5 aromatic rings. The van der Waals surface area contributed by atoms with Gasteiger partial charge in [-0.05, 0) is 35.4 Å². The standard InChI is InChI=1S/C32H21ClN2O4/c33-22-15-16-26-23(17-22)28(36)27-29(39-26)30(37)35(19-21-11-5-2-6-12-21)32(27)24-13-7-8-14-25(24)34(31(32)38)18-20-9-3-1-4-10-20/h1-17H,18-19H2. The fraction of sp³-hybridized carbons (Fsp3) is 0.0938. The summed E-state index contributed by atoms with van der Waals surface area (Å²) in [5, 5.41) is 0.583. The predicted octanol–water partition coefficient (Wildman–Crippen LogP) is 5.89. The van der Waals surface area contributed by atoms with Crippen molar-refractivity contribution in [1.29, 1.82) is 0 Å². The van der Waals surface area contributed by atoms with Gasteiger partial charge in [0.25, 0.3) is 11.8 Å². The van der Waals surface area contributed by atoms with Crippen LogP contribution >= 0.6 is 11.6 Å². The maximum Gasteiger partial charge on any atom is 0.291 e. The number of nitrogens with zero attached hydrogens (tertiary/aromatic N) is 2. The lowest BCUT2D eigenvalue weighted by atomic mass is 9.83. The van der Waals surface area contributed by atoms with Crippen molar-refractivity contribution in [3.05, 3.63) is 146 Å². The summed E-state index contributed by atoms with van der Waals surface area (Å²) in [6.45, 7) is 0.394. The number of para-hydroxylation sites is 1. The number of benzene rings is 4. The molecule has 0 aliphatic carbocycles. The normalized spacial score (nSPS) is 17.8. The highest BCUT2D eigenvalue weighted by Gasteiger charge is 2.64. The number of carbonyl (C=O) groups is 2. The quantitative estimate of drug-likeness (QED) is 0.289. The van der Waals surface area contributed by atoms with Gasteiger partial charge in [-0.25, -0.2) is 0 Å². The number of hydrogen-bond acceptors (Lipinski definition) is 4. The molecule has 6 nitrogen and oxygen atoms in total. The molecule has 39 heavy (non-hydrogen) atoms. The number of halogens is 1. The maximum atomic E-state index is 14.8. The van der Waals surface area contributed by atoms with Crippen molar-refractivity contribution in [3.63, 3.8) is 0 Å². The average Bonchev–Trinajstić information content (AvgIpc) is 3.35. The Balaban J connectivity index is 1.53. The van der Waals surface area contributed by atoms with E-state index in [0.717, 1.165) is 11.1 Å². The Hall–Kier alpha value is -4.68. The van der Waals surface area contributed by atoms with E-state index < -0.39 is 16.9 Å². The molecule has 7 heteroatoms. The van der Waals surface area contributed by atoms with Gasteiger partial charge in [0.2, 0.25) is 5.76 Å². The second-order valence-corrected chi connectivity index (χ2v) is 10.2. The molecule has 0 bridgehead atoms. The third-order valence-corrected chi connectivity index (χ3v) is 7.80. The van der Waals surface area contributed by atoms with Crippen LogP contribution in [0.15, 0.2) is 112 Å². The molecule has 0 saturated carbocycles. The van der Waals surface area contributed by atoms with Crippen LogP contribution in [0.4, 0.5) is 5.69 Å². The van der Waals surface area contributed by atoms with Gasteiger partial charge in [0.05, 0.1) is 23.2 Å². The summed E-state index contributed by atoms with van der Waals surface area (Å²) >= 11 is 6.25. The molecule has 0 radical (unpaired) electrons. The number of fused-ring (bicyclic) bond motifs is 5. The van der Waals surface area contributed by atoms with Gasteiger partial charge in [0, 0.05) is 17.1 Å². The van der Waals surface area contributed by atoms with Crippen molar-refractivity contribution in [2.45, 2.75) is 18.6 Å². The second kappa shape index (κ2) is 8.68. The molecule has 190 valence electrons. The Morgan fingerprint density at radius 2 is 1.38 bits per heavy atom. The van der Waals surface area contributed by atoms with E-state index in [1.165, 1.54) is 11.0 Å². The van der Waals surface area contributed by atoms with Crippen LogP contribution in [0.25, 0.3) is 11.0 Å². The van der Waals surface area contributed by atoms with E-state index in [9.17, 15) is 14.4 Å². The Bertz CT molecular complexity index is 1850. The van der Waals surface area contributed by atoms with Gasteiger partial charge in [0.1, 0.15) is 5.58 Å². The summed E-state index contributed by atoms with van der Waals surface area (Å²) in [6.07, 6.45) is 0. The van der Waals surface area contributed by atoms with Gasteiger partial charge in [-0.1, -0.05) is 90.5 Å². The summed E-state index contributed by atoms with van der Waals surface area (Å²) in [5.41, 5.74) is 1.11. The summed E-state index contributed by atoms with van der Waals surface area (Å²) in [6, 6.07) is 31.1. The zero-order chi connectivity index (χ0) is 26.7. The van der Waals surface area contributed by atoms with Gasteiger partial charge >= 0.3 is 0 Å². The van der Waals surface area contributed by atoms with Crippen LogP contribution in [0, 0.1) is 0 Å². The molecule has 1 aromatic heterocycles. The topological polar surface area (TPSA) is 70.8 Å². The Labute approximate surface area is 228 Å². The van der Waals surface area contributed by atoms with Crippen molar-refractivity contribution in [2.24, 2.45) is 0 Å². The number of anilines is 1. The molecule has 0 fully saturated rings. The summed E-state index contributed by atoms with van der Waals surface area (Å²) in [5.74, 6) is -0.993. The second-order valence-electron chi connectivity index (χ2n) is 9.76.